The fraction of sp³-hybridized carbons (Fsp3) is 0.667. The molecule has 0 bridgehead atoms. The first kappa shape index (κ1) is 11.4. The smallest absolute Gasteiger partial charge is 0.336 e. The van der Waals surface area contributed by atoms with Gasteiger partial charge in [0.25, 0.3) is 0 Å². The van der Waals surface area contributed by atoms with E-state index >= 15 is 0 Å². The summed E-state index contributed by atoms with van der Waals surface area (Å²) in [4.78, 5) is 20.3. The standard InChI is InChI=1S/C6H9BrO5/c1-11-5(9)3(7)4(8)6(10)12-2/h3-4,8H,1-2H3/t3-,4-/m0/s1. The summed E-state index contributed by atoms with van der Waals surface area (Å²) in [6, 6.07) is 0. The van der Waals surface area contributed by atoms with Crippen LogP contribution >= 0.6 is 15.9 Å². The summed E-state index contributed by atoms with van der Waals surface area (Å²) in [5.74, 6) is -1.62. The van der Waals surface area contributed by atoms with Crippen molar-refractivity contribution >= 4 is 27.9 Å². The van der Waals surface area contributed by atoms with Gasteiger partial charge in [0, 0.05) is 0 Å². The zero-order chi connectivity index (χ0) is 9.72. The third-order valence-electron chi connectivity index (χ3n) is 1.15. The minimum absolute atomic E-state index is 0.729. The van der Waals surface area contributed by atoms with Gasteiger partial charge in [-0.3, -0.25) is 4.79 Å². The van der Waals surface area contributed by atoms with Gasteiger partial charge in [0.2, 0.25) is 0 Å². The summed E-state index contributed by atoms with van der Waals surface area (Å²) < 4.78 is 8.48. The van der Waals surface area contributed by atoms with Gasteiger partial charge in [-0.1, -0.05) is 15.9 Å². The number of esters is 2. The molecule has 1 N–H and O–H groups in total. The number of carbonyl (C=O) groups is 2. The minimum Gasteiger partial charge on any atom is -0.468 e. The number of halogens is 1. The van der Waals surface area contributed by atoms with Crippen LogP contribution in [0.3, 0.4) is 0 Å². The SMILES string of the molecule is COC(=O)[C@@H](O)[C@H](Br)C(=O)OC. The molecule has 0 rings (SSSR count). The molecule has 0 unspecified atom stereocenters. The van der Waals surface area contributed by atoms with E-state index in [1.54, 1.807) is 0 Å². The van der Waals surface area contributed by atoms with E-state index in [1.165, 1.54) is 0 Å². The van der Waals surface area contributed by atoms with Crippen molar-refractivity contribution in [3.05, 3.63) is 0 Å². The fourth-order valence-corrected chi connectivity index (χ4v) is 0.884. The zero-order valence-corrected chi connectivity index (χ0v) is 8.20. The molecule has 0 saturated heterocycles. The fourth-order valence-electron chi connectivity index (χ4n) is 0.482. The van der Waals surface area contributed by atoms with Gasteiger partial charge >= 0.3 is 11.9 Å². The molecular formula is C6H9BrO5. The van der Waals surface area contributed by atoms with E-state index < -0.39 is 22.9 Å². The summed E-state index contributed by atoms with van der Waals surface area (Å²) >= 11 is 2.78. The summed E-state index contributed by atoms with van der Waals surface area (Å²) in [5, 5.41) is 9.07. The first-order chi connectivity index (χ1) is 5.54. The van der Waals surface area contributed by atoms with Crippen LogP contribution in [0.2, 0.25) is 0 Å². The van der Waals surface area contributed by atoms with Gasteiger partial charge in [0.15, 0.2) is 6.10 Å². The van der Waals surface area contributed by atoms with Crippen LogP contribution in [0.25, 0.3) is 0 Å². The predicted octanol–water partition coefficient (Wildman–Crippen LogP) is -0.543. The molecule has 70 valence electrons. The Morgan fingerprint density at radius 2 is 1.67 bits per heavy atom. The molecule has 0 amide bonds. The topological polar surface area (TPSA) is 72.8 Å². The van der Waals surface area contributed by atoms with E-state index in [-0.39, 0.29) is 0 Å². The molecule has 0 aliphatic heterocycles. The lowest BCUT2D eigenvalue weighted by atomic mass is 10.2. The molecule has 0 saturated carbocycles. The maximum atomic E-state index is 10.7. The molecule has 0 spiro atoms. The Balaban J connectivity index is 4.18. The molecule has 0 aromatic heterocycles. The third-order valence-corrected chi connectivity index (χ3v) is 2.02. The van der Waals surface area contributed by atoms with Crippen molar-refractivity contribution < 1.29 is 24.2 Å². The summed E-state index contributed by atoms with van der Waals surface area (Å²) in [6.45, 7) is 0. The van der Waals surface area contributed by atoms with Crippen molar-refractivity contribution in [3.63, 3.8) is 0 Å². The number of aliphatic hydroxyl groups excluding tert-OH is 1. The molecule has 2 atom stereocenters. The molecule has 0 aromatic carbocycles. The maximum Gasteiger partial charge on any atom is 0.336 e. The highest BCUT2D eigenvalue weighted by atomic mass is 79.9. The van der Waals surface area contributed by atoms with Crippen molar-refractivity contribution in [2.75, 3.05) is 14.2 Å². The molecule has 0 fully saturated rings. The molecule has 12 heavy (non-hydrogen) atoms. The number of aliphatic hydroxyl groups is 1. The van der Waals surface area contributed by atoms with E-state index in [0.29, 0.717) is 0 Å². The van der Waals surface area contributed by atoms with E-state index in [4.69, 9.17) is 5.11 Å². The highest BCUT2D eigenvalue weighted by molar-refractivity contribution is 9.10. The molecular weight excluding hydrogens is 232 g/mol. The van der Waals surface area contributed by atoms with Gasteiger partial charge in [-0.15, -0.1) is 0 Å². The summed E-state index contributed by atoms with van der Waals surface area (Å²) in [6.07, 6.45) is -1.54. The largest absolute Gasteiger partial charge is 0.468 e. The summed E-state index contributed by atoms with van der Waals surface area (Å²) in [7, 11) is 2.27. The number of hydrogen-bond acceptors (Lipinski definition) is 5. The Kier molecular flexibility index (Phi) is 4.84. The number of ether oxygens (including phenoxy) is 2. The second kappa shape index (κ2) is 5.10. The number of alkyl halides is 1. The minimum atomic E-state index is -1.54. The number of methoxy groups -OCH3 is 2. The van der Waals surface area contributed by atoms with Crippen LogP contribution in [0.4, 0.5) is 0 Å². The first-order valence-corrected chi connectivity index (χ1v) is 3.94. The van der Waals surface area contributed by atoms with Gasteiger partial charge in [-0.05, 0) is 0 Å². The lowest BCUT2D eigenvalue weighted by Gasteiger charge is -2.12. The quantitative estimate of drug-likeness (QED) is 0.530. The molecule has 5 nitrogen and oxygen atoms in total. The van der Waals surface area contributed by atoms with Crippen molar-refractivity contribution in [2.45, 2.75) is 10.9 Å². The molecule has 0 aliphatic carbocycles. The number of carbonyl (C=O) groups excluding carboxylic acids is 2. The molecule has 0 aromatic rings. The van der Waals surface area contributed by atoms with Gasteiger partial charge < -0.3 is 14.6 Å². The van der Waals surface area contributed by atoms with Crippen LogP contribution < -0.4 is 0 Å². The van der Waals surface area contributed by atoms with E-state index in [0.717, 1.165) is 14.2 Å². The Labute approximate surface area is 77.8 Å². The van der Waals surface area contributed by atoms with Gasteiger partial charge in [-0.2, -0.15) is 0 Å². The maximum absolute atomic E-state index is 10.7. The Hall–Kier alpha value is -0.620. The van der Waals surface area contributed by atoms with Crippen LogP contribution in [0.5, 0.6) is 0 Å². The van der Waals surface area contributed by atoms with Gasteiger partial charge in [-0.25, -0.2) is 4.79 Å². The highest BCUT2D eigenvalue weighted by Crippen LogP contribution is 2.08. The van der Waals surface area contributed by atoms with E-state index in [2.05, 4.69) is 25.4 Å². The van der Waals surface area contributed by atoms with Gasteiger partial charge in [0.05, 0.1) is 14.2 Å². The Morgan fingerprint density at radius 3 is 2.00 bits per heavy atom. The average Bonchev–Trinajstić information content (AvgIpc) is 2.12. The van der Waals surface area contributed by atoms with Crippen LogP contribution in [0.15, 0.2) is 0 Å². The Morgan fingerprint density at radius 1 is 1.25 bits per heavy atom. The normalized spacial score (nSPS) is 14.7. The van der Waals surface area contributed by atoms with Crippen molar-refractivity contribution in [1.82, 2.24) is 0 Å². The van der Waals surface area contributed by atoms with Crippen molar-refractivity contribution in [2.24, 2.45) is 0 Å². The van der Waals surface area contributed by atoms with Crippen LogP contribution in [-0.4, -0.2) is 42.2 Å². The van der Waals surface area contributed by atoms with Crippen molar-refractivity contribution in [1.29, 1.82) is 0 Å². The monoisotopic (exact) mass is 240 g/mol. The third kappa shape index (κ3) is 2.78. The second-order valence-corrected chi connectivity index (χ2v) is 2.88. The molecule has 0 radical (unpaired) electrons. The second-order valence-electron chi connectivity index (χ2n) is 1.89. The predicted molar refractivity (Wildman–Crippen MR) is 42.8 cm³/mol. The molecule has 0 aliphatic rings. The van der Waals surface area contributed by atoms with Crippen molar-refractivity contribution in [3.8, 4) is 0 Å². The summed E-state index contributed by atoms with van der Waals surface area (Å²) in [5.41, 5.74) is 0. The Bertz CT molecular complexity index is 161. The lowest BCUT2D eigenvalue weighted by Crippen LogP contribution is -2.36. The first-order valence-electron chi connectivity index (χ1n) is 3.02. The van der Waals surface area contributed by atoms with Crippen LogP contribution in [0, 0.1) is 0 Å². The van der Waals surface area contributed by atoms with Crippen LogP contribution in [0.1, 0.15) is 0 Å². The number of hydrogen-bond donors (Lipinski definition) is 1. The van der Waals surface area contributed by atoms with Gasteiger partial charge in [0.1, 0.15) is 4.83 Å². The molecule has 0 heterocycles. The van der Waals surface area contributed by atoms with Crippen LogP contribution in [-0.2, 0) is 19.1 Å². The number of rotatable bonds is 3. The average molecular weight is 241 g/mol. The zero-order valence-electron chi connectivity index (χ0n) is 6.61. The van der Waals surface area contributed by atoms with E-state index in [9.17, 15) is 9.59 Å². The highest BCUT2D eigenvalue weighted by Gasteiger charge is 2.31. The molecule has 6 heteroatoms. The van der Waals surface area contributed by atoms with E-state index in [1.807, 2.05) is 0 Å². The lowest BCUT2D eigenvalue weighted by molar-refractivity contribution is -0.155.